The highest BCUT2D eigenvalue weighted by Gasteiger charge is 2.20. The first-order valence-corrected chi connectivity index (χ1v) is 9.39. The Kier molecular flexibility index (Phi) is 5.10. The number of anilines is 1. The molecule has 2 heterocycles. The van der Waals surface area contributed by atoms with Gasteiger partial charge in [-0.15, -0.1) is 0 Å². The van der Waals surface area contributed by atoms with Crippen molar-refractivity contribution in [1.82, 2.24) is 19.3 Å². The molecule has 3 rings (SSSR count). The minimum atomic E-state index is -0.267. The minimum absolute atomic E-state index is 0.132. The summed E-state index contributed by atoms with van der Waals surface area (Å²) >= 11 is 0. The summed E-state index contributed by atoms with van der Waals surface area (Å²) in [6.45, 7) is 12.3. The van der Waals surface area contributed by atoms with Crippen LogP contribution in [0.25, 0.3) is 11.0 Å². The van der Waals surface area contributed by atoms with Gasteiger partial charge in [-0.1, -0.05) is 17.7 Å². The Morgan fingerprint density at radius 3 is 2.39 bits per heavy atom. The normalized spacial score (nSPS) is 11.8. The quantitative estimate of drug-likeness (QED) is 0.752. The topological polar surface area (TPSA) is 81.8 Å². The Balaban J connectivity index is 1.76. The van der Waals surface area contributed by atoms with Crippen LogP contribution in [0.1, 0.15) is 43.9 Å². The SMILES string of the molecule is Cc1cc(C)c(NC(=O)CCn2cnc3c(cnn3C(C)(C)C)c2=O)c(C)c1. The van der Waals surface area contributed by atoms with Crippen LogP contribution in [0.4, 0.5) is 5.69 Å². The van der Waals surface area contributed by atoms with Crippen molar-refractivity contribution >= 4 is 22.6 Å². The molecule has 0 saturated carbocycles. The predicted molar refractivity (Wildman–Crippen MR) is 111 cm³/mol. The van der Waals surface area contributed by atoms with E-state index in [9.17, 15) is 9.59 Å². The van der Waals surface area contributed by atoms with E-state index in [2.05, 4.69) is 15.4 Å². The molecule has 0 spiro atoms. The molecule has 1 amide bonds. The first kappa shape index (κ1) is 19.8. The monoisotopic (exact) mass is 381 g/mol. The van der Waals surface area contributed by atoms with Gasteiger partial charge in [0.15, 0.2) is 5.65 Å². The molecule has 0 saturated heterocycles. The lowest BCUT2D eigenvalue weighted by Gasteiger charge is -2.19. The van der Waals surface area contributed by atoms with Crippen molar-refractivity contribution in [3.05, 3.63) is 51.7 Å². The lowest BCUT2D eigenvalue weighted by molar-refractivity contribution is -0.116. The Bertz CT molecular complexity index is 1080. The second-order valence-corrected chi connectivity index (χ2v) is 8.28. The Morgan fingerprint density at radius 1 is 1.14 bits per heavy atom. The number of carbonyl (C=O) groups excluding carboxylic acids is 1. The van der Waals surface area contributed by atoms with Crippen molar-refractivity contribution in [2.75, 3.05) is 5.32 Å². The van der Waals surface area contributed by atoms with Gasteiger partial charge in [-0.05, 0) is 52.7 Å². The number of amides is 1. The summed E-state index contributed by atoms with van der Waals surface area (Å²) in [5.41, 5.74) is 4.16. The number of nitrogens with one attached hydrogen (secondary N) is 1. The van der Waals surface area contributed by atoms with Crippen LogP contribution < -0.4 is 10.9 Å². The Labute approximate surface area is 164 Å². The summed E-state index contributed by atoms with van der Waals surface area (Å²) in [6, 6.07) is 4.08. The molecular formula is C21H27N5O2. The van der Waals surface area contributed by atoms with Crippen molar-refractivity contribution in [3.8, 4) is 0 Å². The van der Waals surface area contributed by atoms with Gasteiger partial charge in [0, 0.05) is 18.7 Å². The molecule has 0 aliphatic heterocycles. The molecule has 7 nitrogen and oxygen atoms in total. The number of benzene rings is 1. The largest absolute Gasteiger partial charge is 0.326 e. The third-order valence-electron chi connectivity index (χ3n) is 4.71. The van der Waals surface area contributed by atoms with Crippen molar-refractivity contribution < 1.29 is 4.79 Å². The number of fused-ring (bicyclic) bond motifs is 1. The van der Waals surface area contributed by atoms with E-state index in [-0.39, 0.29) is 30.0 Å². The molecule has 28 heavy (non-hydrogen) atoms. The zero-order chi connectivity index (χ0) is 20.6. The first-order valence-electron chi connectivity index (χ1n) is 9.39. The molecule has 1 aromatic carbocycles. The number of hydrogen-bond donors (Lipinski definition) is 1. The van der Waals surface area contributed by atoms with Crippen molar-refractivity contribution in [2.24, 2.45) is 0 Å². The Hall–Kier alpha value is -2.96. The van der Waals surface area contributed by atoms with Crippen LogP contribution in [0.2, 0.25) is 0 Å². The van der Waals surface area contributed by atoms with Crippen LogP contribution in [-0.4, -0.2) is 25.2 Å². The highest BCUT2D eigenvalue weighted by molar-refractivity contribution is 5.92. The van der Waals surface area contributed by atoms with Gasteiger partial charge >= 0.3 is 0 Å². The van der Waals surface area contributed by atoms with E-state index in [1.807, 2.05) is 53.7 Å². The van der Waals surface area contributed by atoms with Crippen LogP contribution in [0, 0.1) is 20.8 Å². The molecule has 1 N–H and O–H groups in total. The third-order valence-corrected chi connectivity index (χ3v) is 4.71. The summed E-state index contributed by atoms with van der Waals surface area (Å²) in [5, 5.41) is 7.73. The molecule has 0 bridgehead atoms. The van der Waals surface area contributed by atoms with Gasteiger partial charge in [0.1, 0.15) is 5.39 Å². The van der Waals surface area contributed by atoms with Gasteiger partial charge < -0.3 is 5.32 Å². The maximum absolute atomic E-state index is 12.7. The maximum Gasteiger partial charge on any atom is 0.264 e. The van der Waals surface area contributed by atoms with Gasteiger partial charge in [0.2, 0.25) is 5.91 Å². The number of aromatic nitrogens is 4. The van der Waals surface area contributed by atoms with Crippen LogP contribution >= 0.6 is 0 Å². The molecule has 3 aromatic rings. The molecule has 0 radical (unpaired) electrons. The summed E-state index contributed by atoms with van der Waals surface area (Å²) in [7, 11) is 0. The molecule has 0 atom stereocenters. The fourth-order valence-corrected chi connectivity index (χ4v) is 3.40. The lowest BCUT2D eigenvalue weighted by Crippen LogP contribution is -2.26. The molecule has 0 aliphatic rings. The zero-order valence-corrected chi connectivity index (χ0v) is 17.3. The standard InChI is InChI=1S/C21H27N5O2/c1-13-9-14(2)18(15(3)10-13)24-17(27)7-8-25-12-22-19-16(20(25)28)11-23-26(19)21(4,5)6/h9-12H,7-8H2,1-6H3,(H,24,27). The molecule has 7 heteroatoms. The van der Waals surface area contributed by atoms with Crippen molar-refractivity contribution in [2.45, 2.75) is 60.0 Å². The summed E-state index contributed by atoms with van der Waals surface area (Å²) in [6.07, 6.45) is 3.23. The average Bonchev–Trinajstić information content (AvgIpc) is 3.02. The zero-order valence-electron chi connectivity index (χ0n) is 17.3. The molecule has 0 aliphatic carbocycles. The summed E-state index contributed by atoms with van der Waals surface area (Å²) < 4.78 is 3.20. The van der Waals surface area contributed by atoms with Gasteiger partial charge in [-0.3, -0.25) is 14.2 Å². The highest BCUT2D eigenvalue weighted by Crippen LogP contribution is 2.22. The molecule has 0 unspecified atom stereocenters. The van der Waals surface area contributed by atoms with Gasteiger partial charge in [-0.2, -0.15) is 5.10 Å². The van der Waals surface area contributed by atoms with E-state index in [4.69, 9.17) is 0 Å². The first-order chi connectivity index (χ1) is 13.1. The number of aryl methyl sites for hydroxylation is 4. The summed E-state index contributed by atoms with van der Waals surface area (Å²) in [4.78, 5) is 29.5. The van der Waals surface area contributed by atoms with E-state index < -0.39 is 0 Å². The molecular weight excluding hydrogens is 354 g/mol. The van der Waals surface area contributed by atoms with Gasteiger partial charge in [0.05, 0.1) is 18.1 Å². The van der Waals surface area contributed by atoms with E-state index in [1.165, 1.54) is 10.9 Å². The minimum Gasteiger partial charge on any atom is -0.326 e. The molecule has 2 aromatic heterocycles. The number of rotatable bonds is 4. The van der Waals surface area contributed by atoms with Crippen LogP contribution in [-0.2, 0) is 16.9 Å². The second kappa shape index (κ2) is 7.22. The number of carbonyl (C=O) groups is 1. The van der Waals surface area contributed by atoms with Gasteiger partial charge in [-0.25, -0.2) is 9.67 Å². The average molecular weight is 381 g/mol. The number of nitrogens with zero attached hydrogens (tertiary/aromatic N) is 4. The van der Waals surface area contributed by atoms with Crippen molar-refractivity contribution in [3.63, 3.8) is 0 Å². The molecule has 0 fully saturated rings. The maximum atomic E-state index is 12.7. The molecule has 148 valence electrons. The Morgan fingerprint density at radius 2 is 1.79 bits per heavy atom. The fraction of sp³-hybridized carbons (Fsp3) is 0.429. The highest BCUT2D eigenvalue weighted by atomic mass is 16.2. The number of hydrogen-bond acceptors (Lipinski definition) is 4. The van der Waals surface area contributed by atoms with E-state index >= 15 is 0 Å². The van der Waals surface area contributed by atoms with E-state index in [0.717, 1.165) is 22.4 Å². The predicted octanol–water partition coefficient (Wildman–Crippen LogP) is 3.30. The smallest absolute Gasteiger partial charge is 0.264 e. The van der Waals surface area contributed by atoms with Crippen LogP contribution in [0.5, 0.6) is 0 Å². The second-order valence-electron chi connectivity index (χ2n) is 8.28. The van der Waals surface area contributed by atoms with E-state index in [0.29, 0.717) is 11.0 Å². The van der Waals surface area contributed by atoms with Crippen molar-refractivity contribution in [1.29, 1.82) is 0 Å². The lowest BCUT2D eigenvalue weighted by atomic mass is 10.1. The van der Waals surface area contributed by atoms with Crippen LogP contribution in [0.3, 0.4) is 0 Å². The van der Waals surface area contributed by atoms with Gasteiger partial charge in [0.25, 0.3) is 5.56 Å². The third kappa shape index (κ3) is 3.83. The summed E-state index contributed by atoms with van der Waals surface area (Å²) in [5.74, 6) is -0.132. The van der Waals surface area contributed by atoms with E-state index in [1.54, 1.807) is 10.9 Å². The fourth-order valence-electron chi connectivity index (χ4n) is 3.40. The van der Waals surface area contributed by atoms with Crippen LogP contribution in [0.15, 0.2) is 29.5 Å².